The van der Waals surface area contributed by atoms with E-state index in [9.17, 15) is 19.7 Å². The molecule has 0 amide bonds. The molecule has 2 aromatic rings. The van der Waals surface area contributed by atoms with Gasteiger partial charge in [0.1, 0.15) is 0 Å². The first-order valence-corrected chi connectivity index (χ1v) is 6.91. The quantitative estimate of drug-likeness (QED) is 0.391. The van der Waals surface area contributed by atoms with Gasteiger partial charge in [-0.1, -0.05) is 0 Å². The van der Waals surface area contributed by atoms with E-state index in [0.717, 1.165) is 26.2 Å². The second kappa shape index (κ2) is 7.02. The van der Waals surface area contributed by atoms with Gasteiger partial charge in [-0.15, -0.1) is 17.0 Å². The molecule has 0 aliphatic carbocycles. The van der Waals surface area contributed by atoms with E-state index in [-0.39, 0.29) is 28.2 Å². The molecule has 1 aromatic heterocycles. The first-order valence-electron chi connectivity index (χ1n) is 6.91. The Morgan fingerprint density at radius 1 is 1.09 bits per heavy atom. The molecule has 3 rings (SSSR count). The van der Waals surface area contributed by atoms with Crippen molar-refractivity contribution in [3.63, 3.8) is 0 Å². The lowest BCUT2D eigenvalue weighted by atomic mass is 10.1. The lowest BCUT2D eigenvalue weighted by molar-refractivity contribution is -0.385. The monoisotopic (exact) mass is 385 g/mol. The number of rotatable bonds is 3. The first kappa shape index (κ1) is 17.3. The van der Waals surface area contributed by atoms with Crippen molar-refractivity contribution in [1.82, 2.24) is 20.2 Å². The summed E-state index contributed by atoms with van der Waals surface area (Å²) in [7, 11) is 0. The van der Waals surface area contributed by atoms with Crippen LogP contribution in [0.25, 0.3) is 11.0 Å². The van der Waals surface area contributed by atoms with Crippen molar-refractivity contribution in [3.05, 3.63) is 48.5 Å². The number of fused-ring (bicyclic) bond motifs is 1. The molecule has 1 aliphatic heterocycles. The predicted octanol–water partition coefficient (Wildman–Crippen LogP) is 0.108. The molecule has 1 fully saturated rings. The molecule has 0 radical (unpaired) electrons. The maximum absolute atomic E-state index is 11.4. The van der Waals surface area contributed by atoms with Gasteiger partial charge in [0.25, 0.3) is 5.69 Å². The number of nitro groups is 1. The maximum Gasteiger partial charge on any atom is 0.314 e. The molecule has 9 nitrogen and oxygen atoms in total. The zero-order chi connectivity index (χ0) is 15.7. The van der Waals surface area contributed by atoms with Crippen LogP contribution in [0, 0.1) is 10.1 Å². The Kier molecular flexibility index (Phi) is 5.29. The highest BCUT2D eigenvalue weighted by Crippen LogP contribution is 2.24. The summed E-state index contributed by atoms with van der Waals surface area (Å²) in [6.45, 7) is 3.71. The van der Waals surface area contributed by atoms with Crippen LogP contribution < -0.4 is 16.4 Å². The highest BCUT2D eigenvalue weighted by Gasteiger charge is 2.19. The fourth-order valence-corrected chi connectivity index (χ4v) is 2.60. The Hall–Kier alpha value is -2.04. The number of nitro benzene ring substituents is 1. The van der Waals surface area contributed by atoms with Crippen molar-refractivity contribution in [2.75, 3.05) is 26.2 Å². The fourth-order valence-electron chi connectivity index (χ4n) is 2.60. The van der Waals surface area contributed by atoms with E-state index in [4.69, 9.17) is 0 Å². The van der Waals surface area contributed by atoms with E-state index in [0.29, 0.717) is 17.6 Å². The second-order valence-electron chi connectivity index (χ2n) is 5.22. The number of hydrogen-bond donors (Lipinski definition) is 3. The Balaban J connectivity index is 0.00000192. The van der Waals surface area contributed by atoms with Crippen molar-refractivity contribution in [2.45, 2.75) is 6.54 Å². The smallest absolute Gasteiger partial charge is 0.314 e. The predicted molar refractivity (Wildman–Crippen MR) is 90.3 cm³/mol. The molecule has 3 N–H and O–H groups in total. The van der Waals surface area contributed by atoms with Crippen LogP contribution in [0.4, 0.5) is 5.69 Å². The first-order chi connectivity index (χ1) is 10.5. The van der Waals surface area contributed by atoms with E-state index in [1.54, 1.807) is 6.07 Å². The number of nitrogens with one attached hydrogen (secondary N) is 3. The Morgan fingerprint density at radius 3 is 2.22 bits per heavy atom. The average molecular weight is 386 g/mol. The zero-order valence-electron chi connectivity index (χ0n) is 12.1. The highest BCUT2D eigenvalue weighted by molar-refractivity contribution is 8.93. The number of piperazine rings is 1. The molecule has 0 saturated carbocycles. The third-order valence-corrected chi connectivity index (χ3v) is 3.72. The van der Waals surface area contributed by atoms with Crippen molar-refractivity contribution in [3.8, 4) is 0 Å². The molecular weight excluding hydrogens is 370 g/mol. The van der Waals surface area contributed by atoms with Gasteiger partial charge in [0.2, 0.25) is 0 Å². The van der Waals surface area contributed by atoms with Gasteiger partial charge in [0, 0.05) is 44.4 Å². The maximum atomic E-state index is 11.4. The van der Waals surface area contributed by atoms with E-state index < -0.39 is 16.0 Å². The number of benzene rings is 1. The summed E-state index contributed by atoms with van der Waals surface area (Å²) in [5, 5.41) is 14.5. The molecule has 0 unspecified atom stereocenters. The minimum absolute atomic E-state index is 0. The van der Waals surface area contributed by atoms with Crippen LogP contribution >= 0.6 is 17.0 Å². The van der Waals surface area contributed by atoms with Crippen molar-refractivity contribution in [2.24, 2.45) is 0 Å². The molecule has 1 aromatic carbocycles. The third kappa shape index (κ3) is 3.66. The van der Waals surface area contributed by atoms with Gasteiger partial charge in [-0.2, -0.15) is 0 Å². The molecule has 0 atom stereocenters. The number of nitrogens with zero attached hydrogens (tertiary/aromatic N) is 2. The van der Waals surface area contributed by atoms with Crippen LogP contribution in [-0.2, 0) is 6.54 Å². The highest BCUT2D eigenvalue weighted by atomic mass is 79.9. The van der Waals surface area contributed by atoms with Crippen LogP contribution in [0.1, 0.15) is 5.56 Å². The number of aromatic amines is 2. The minimum Gasteiger partial charge on any atom is -0.316 e. The lowest BCUT2D eigenvalue weighted by Crippen LogP contribution is -2.43. The topological polar surface area (TPSA) is 124 Å². The van der Waals surface area contributed by atoms with Gasteiger partial charge in [0.05, 0.1) is 16.0 Å². The van der Waals surface area contributed by atoms with Gasteiger partial charge in [-0.3, -0.25) is 24.6 Å². The number of halogens is 1. The number of H-pyrrole nitrogens is 2. The van der Waals surface area contributed by atoms with Gasteiger partial charge < -0.3 is 15.3 Å². The summed E-state index contributed by atoms with van der Waals surface area (Å²) in [6.07, 6.45) is 0. The number of hydrogen-bond acceptors (Lipinski definition) is 6. The van der Waals surface area contributed by atoms with Crippen LogP contribution in [0.5, 0.6) is 0 Å². The van der Waals surface area contributed by atoms with E-state index >= 15 is 0 Å². The fraction of sp³-hybridized carbons (Fsp3) is 0.385. The molecule has 0 bridgehead atoms. The number of aromatic nitrogens is 2. The summed E-state index contributed by atoms with van der Waals surface area (Å²) in [6, 6.07) is 2.86. The molecule has 2 heterocycles. The Morgan fingerprint density at radius 2 is 1.65 bits per heavy atom. The second-order valence-corrected chi connectivity index (χ2v) is 5.22. The van der Waals surface area contributed by atoms with Crippen molar-refractivity contribution >= 4 is 33.7 Å². The molecule has 124 valence electrons. The van der Waals surface area contributed by atoms with Crippen molar-refractivity contribution < 1.29 is 4.92 Å². The third-order valence-electron chi connectivity index (χ3n) is 3.72. The Labute approximate surface area is 140 Å². The van der Waals surface area contributed by atoms with Crippen LogP contribution in [-0.4, -0.2) is 46.0 Å². The molecule has 1 saturated heterocycles. The van der Waals surface area contributed by atoms with Crippen molar-refractivity contribution in [1.29, 1.82) is 0 Å². The van der Waals surface area contributed by atoms with E-state index in [1.165, 1.54) is 6.07 Å². The van der Waals surface area contributed by atoms with Gasteiger partial charge in [-0.05, 0) is 6.07 Å². The van der Waals surface area contributed by atoms with Gasteiger partial charge >= 0.3 is 11.1 Å². The van der Waals surface area contributed by atoms with Gasteiger partial charge in [0.15, 0.2) is 0 Å². The summed E-state index contributed by atoms with van der Waals surface area (Å²) >= 11 is 0. The molecular formula is C13H16BrN5O4. The largest absolute Gasteiger partial charge is 0.316 e. The molecule has 10 heteroatoms. The summed E-state index contributed by atoms with van der Waals surface area (Å²) < 4.78 is 0. The average Bonchev–Trinajstić information content (AvgIpc) is 2.49. The normalized spacial score (nSPS) is 15.3. The van der Waals surface area contributed by atoms with E-state index in [1.807, 2.05) is 0 Å². The van der Waals surface area contributed by atoms with E-state index in [2.05, 4.69) is 20.2 Å². The van der Waals surface area contributed by atoms with Gasteiger partial charge in [-0.25, -0.2) is 0 Å². The standard InChI is InChI=1S/C13H15N5O4.BrH/c19-12-13(20)16-10-6-11(18(21)22)8(5-9(10)15-12)7-17-3-1-14-2-4-17;/h5-6,14H,1-4,7H2,(H,15,19)(H,16,20);1H. The lowest BCUT2D eigenvalue weighted by Gasteiger charge is -2.27. The summed E-state index contributed by atoms with van der Waals surface area (Å²) in [4.78, 5) is 40.4. The van der Waals surface area contributed by atoms with Crippen LogP contribution in [0.2, 0.25) is 0 Å². The zero-order valence-corrected chi connectivity index (χ0v) is 13.8. The summed E-state index contributed by atoms with van der Waals surface area (Å²) in [5.41, 5.74) is -0.498. The molecule has 0 spiro atoms. The van der Waals surface area contributed by atoms with Crippen LogP contribution in [0.3, 0.4) is 0 Å². The summed E-state index contributed by atoms with van der Waals surface area (Å²) in [5.74, 6) is 0. The van der Waals surface area contributed by atoms with Crippen LogP contribution in [0.15, 0.2) is 21.7 Å². The molecule has 23 heavy (non-hydrogen) atoms. The molecule has 1 aliphatic rings. The SMILES string of the molecule is Br.O=c1[nH]c2cc(CN3CCNCC3)c([N+](=O)[O-])cc2[nH]c1=O. The Bertz CT molecular complexity index is 840. The minimum atomic E-state index is -0.823.